The minimum atomic E-state index is -0.274. The molecule has 6 heteroatoms. The number of methoxy groups -OCH3 is 1. The summed E-state index contributed by atoms with van der Waals surface area (Å²) in [6, 6.07) is 17.6. The predicted octanol–water partition coefficient (Wildman–Crippen LogP) is 5.37. The van der Waals surface area contributed by atoms with Crippen molar-refractivity contribution in [3.8, 4) is 5.75 Å². The van der Waals surface area contributed by atoms with Crippen LogP contribution in [0.15, 0.2) is 59.0 Å². The Morgan fingerprint density at radius 3 is 2.72 bits per heavy atom. The van der Waals surface area contributed by atoms with Crippen molar-refractivity contribution in [1.29, 1.82) is 0 Å². The van der Waals surface area contributed by atoms with Crippen LogP contribution in [0.1, 0.15) is 60.5 Å². The first-order chi connectivity index (χ1) is 15.4. The lowest BCUT2D eigenvalue weighted by atomic mass is 9.81. The Hall–Kier alpha value is -3.54. The molecule has 2 N–H and O–H groups in total. The maximum atomic E-state index is 12.6. The van der Waals surface area contributed by atoms with E-state index in [-0.39, 0.29) is 17.1 Å². The molecule has 0 aliphatic heterocycles. The van der Waals surface area contributed by atoms with Crippen LogP contribution in [0, 0.1) is 0 Å². The van der Waals surface area contributed by atoms with E-state index in [4.69, 9.17) is 9.15 Å². The molecule has 0 radical (unpaired) electrons. The average molecular weight is 432 g/mol. The zero-order valence-corrected chi connectivity index (χ0v) is 19.0. The minimum absolute atomic E-state index is 0.0753. The Balaban J connectivity index is 1.45. The molecule has 2 aromatic heterocycles. The Labute approximate surface area is 188 Å². The number of imidazole rings is 1. The summed E-state index contributed by atoms with van der Waals surface area (Å²) in [6.45, 7) is 6.95. The maximum Gasteiger partial charge on any atom is 0.287 e. The van der Waals surface area contributed by atoms with Gasteiger partial charge in [0.25, 0.3) is 5.91 Å². The third kappa shape index (κ3) is 4.54. The number of nitrogens with one attached hydrogen (secondary N) is 2. The van der Waals surface area contributed by atoms with E-state index < -0.39 is 0 Å². The van der Waals surface area contributed by atoms with E-state index in [1.54, 1.807) is 13.2 Å². The molecule has 0 unspecified atom stereocenters. The molecular weight excluding hydrogens is 402 g/mol. The molecule has 32 heavy (non-hydrogen) atoms. The summed E-state index contributed by atoms with van der Waals surface area (Å²) in [5.74, 6) is 2.23. The second-order valence-electron chi connectivity index (χ2n) is 8.59. The lowest BCUT2D eigenvalue weighted by Gasteiger charge is -2.24. The molecule has 2 aromatic carbocycles. The summed E-state index contributed by atoms with van der Waals surface area (Å²) >= 11 is 0. The van der Waals surface area contributed by atoms with Crippen LogP contribution in [0.3, 0.4) is 0 Å². The molecule has 0 aliphatic rings. The van der Waals surface area contributed by atoms with Gasteiger partial charge in [0.05, 0.1) is 24.7 Å². The molecule has 0 fully saturated rings. The highest BCUT2D eigenvalue weighted by Crippen LogP contribution is 2.32. The minimum Gasteiger partial charge on any atom is -0.496 e. The first kappa shape index (κ1) is 21.7. The van der Waals surface area contributed by atoms with E-state index >= 15 is 0 Å². The van der Waals surface area contributed by atoms with Gasteiger partial charge in [0, 0.05) is 12.0 Å². The fraction of sp³-hybridized carbons (Fsp3) is 0.308. The topological polar surface area (TPSA) is 80.1 Å². The summed E-state index contributed by atoms with van der Waals surface area (Å²) in [7, 11) is 1.67. The molecular formula is C26H29N3O3. The molecule has 6 nitrogen and oxygen atoms in total. The van der Waals surface area contributed by atoms with Crippen molar-refractivity contribution in [2.45, 2.75) is 45.6 Å². The standard InChI is InChI=1S/C26H29N3O3/c1-5-26(2,3)18-10-12-22(31-4)17(14-18)15-19-11-13-23(32-19)25(30)27-16-24-28-20-8-6-7-9-21(20)29-24/h6-14H,5,15-16H2,1-4H3,(H,27,30)(H,28,29). The molecule has 4 rings (SSSR count). The van der Waals surface area contributed by atoms with Gasteiger partial charge < -0.3 is 19.5 Å². The van der Waals surface area contributed by atoms with Crippen LogP contribution in [-0.4, -0.2) is 23.0 Å². The Morgan fingerprint density at radius 1 is 1.16 bits per heavy atom. The van der Waals surface area contributed by atoms with E-state index in [0.29, 0.717) is 24.6 Å². The molecule has 4 aromatic rings. The molecule has 0 saturated heterocycles. The summed E-state index contributed by atoms with van der Waals surface area (Å²) in [4.78, 5) is 20.3. The number of carbonyl (C=O) groups excluding carboxylic acids is 1. The van der Waals surface area contributed by atoms with E-state index in [2.05, 4.69) is 48.2 Å². The van der Waals surface area contributed by atoms with Crippen LogP contribution in [0.25, 0.3) is 11.0 Å². The van der Waals surface area contributed by atoms with Gasteiger partial charge in [-0.2, -0.15) is 0 Å². The zero-order valence-electron chi connectivity index (χ0n) is 19.0. The molecule has 0 bridgehead atoms. The summed E-state index contributed by atoms with van der Waals surface area (Å²) in [5.41, 5.74) is 4.19. The second-order valence-corrected chi connectivity index (χ2v) is 8.59. The number of fused-ring (bicyclic) bond motifs is 1. The Bertz CT molecular complexity index is 1200. The first-order valence-corrected chi connectivity index (χ1v) is 10.9. The SMILES string of the molecule is CCC(C)(C)c1ccc(OC)c(Cc2ccc(C(=O)NCc3nc4ccccc4[nH]3)o2)c1. The van der Waals surface area contributed by atoms with Crippen molar-refractivity contribution in [1.82, 2.24) is 15.3 Å². The number of benzene rings is 2. The number of amides is 1. The second kappa shape index (κ2) is 8.91. The number of aromatic nitrogens is 2. The van der Waals surface area contributed by atoms with E-state index in [9.17, 15) is 4.79 Å². The number of rotatable bonds is 8. The van der Waals surface area contributed by atoms with Crippen LogP contribution in [0.5, 0.6) is 5.75 Å². The van der Waals surface area contributed by atoms with Gasteiger partial charge in [0.1, 0.15) is 17.3 Å². The van der Waals surface area contributed by atoms with Crippen molar-refractivity contribution in [3.05, 3.63) is 83.1 Å². The number of nitrogens with zero attached hydrogens (tertiary/aromatic N) is 1. The maximum absolute atomic E-state index is 12.6. The molecule has 0 spiro atoms. The molecule has 166 valence electrons. The normalized spacial score (nSPS) is 11.6. The van der Waals surface area contributed by atoms with Gasteiger partial charge in [-0.3, -0.25) is 4.79 Å². The van der Waals surface area contributed by atoms with Crippen molar-refractivity contribution in [2.75, 3.05) is 7.11 Å². The average Bonchev–Trinajstić information content (AvgIpc) is 3.44. The predicted molar refractivity (Wildman–Crippen MR) is 125 cm³/mol. The van der Waals surface area contributed by atoms with Gasteiger partial charge in [-0.15, -0.1) is 0 Å². The number of para-hydroxylation sites is 2. The zero-order chi connectivity index (χ0) is 22.7. The highest BCUT2D eigenvalue weighted by molar-refractivity contribution is 5.91. The van der Waals surface area contributed by atoms with Gasteiger partial charge in [-0.1, -0.05) is 45.0 Å². The van der Waals surface area contributed by atoms with Crippen molar-refractivity contribution in [3.63, 3.8) is 0 Å². The summed E-state index contributed by atoms with van der Waals surface area (Å²) < 4.78 is 11.4. The number of ether oxygens (including phenoxy) is 1. The highest BCUT2D eigenvalue weighted by Gasteiger charge is 2.20. The molecule has 0 saturated carbocycles. The van der Waals surface area contributed by atoms with E-state index in [0.717, 1.165) is 28.8 Å². The van der Waals surface area contributed by atoms with Crippen molar-refractivity contribution in [2.24, 2.45) is 0 Å². The van der Waals surface area contributed by atoms with Gasteiger partial charge in [-0.25, -0.2) is 4.98 Å². The van der Waals surface area contributed by atoms with Crippen LogP contribution >= 0.6 is 0 Å². The third-order valence-corrected chi connectivity index (χ3v) is 6.05. The number of H-pyrrole nitrogens is 1. The lowest BCUT2D eigenvalue weighted by Crippen LogP contribution is -2.22. The number of furan rings is 1. The molecule has 2 heterocycles. The first-order valence-electron chi connectivity index (χ1n) is 10.9. The van der Waals surface area contributed by atoms with Crippen LogP contribution in [-0.2, 0) is 18.4 Å². The fourth-order valence-corrected chi connectivity index (χ4v) is 3.66. The van der Waals surface area contributed by atoms with Gasteiger partial charge >= 0.3 is 0 Å². The number of carbonyl (C=O) groups is 1. The summed E-state index contributed by atoms with van der Waals surface area (Å²) in [6.07, 6.45) is 1.59. The smallest absolute Gasteiger partial charge is 0.287 e. The quantitative estimate of drug-likeness (QED) is 0.393. The fourth-order valence-electron chi connectivity index (χ4n) is 3.66. The van der Waals surface area contributed by atoms with Gasteiger partial charge in [-0.05, 0) is 47.7 Å². The van der Waals surface area contributed by atoms with Crippen LogP contribution in [0.4, 0.5) is 0 Å². The largest absolute Gasteiger partial charge is 0.496 e. The molecule has 0 aliphatic carbocycles. The van der Waals surface area contributed by atoms with Gasteiger partial charge in [0.2, 0.25) is 0 Å². The highest BCUT2D eigenvalue weighted by atomic mass is 16.5. The summed E-state index contributed by atoms with van der Waals surface area (Å²) in [5, 5.41) is 2.86. The third-order valence-electron chi connectivity index (χ3n) is 6.05. The number of hydrogen-bond donors (Lipinski definition) is 2. The lowest BCUT2D eigenvalue weighted by molar-refractivity contribution is 0.0920. The number of hydrogen-bond acceptors (Lipinski definition) is 4. The van der Waals surface area contributed by atoms with Crippen molar-refractivity contribution < 1.29 is 13.9 Å². The molecule has 1 amide bonds. The Kier molecular flexibility index (Phi) is 6.04. The van der Waals surface area contributed by atoms with Crippen LogP contribution < -0.4 is 10.1 Å². The van der Waals surface area contributed by atoms with Crippen molar-refractivity contribution >= 4 is 16.9 Å². The number of aromatic amines is 1. The van der Waals surface area contributed by atoms with E-state index in [1.807, 2.05) is 36.4 Å². The van der Waals surface area contributed by atoms with Gasteiger partial charge in [0.15, 0.2) is 5.76 Å². The molecule has 0 atom stereocenters. The van der Waals surface area contributed by atoms with Crippen LogP contribution in [0.2, 0.25) is 0 Å². The van der Waals surface area contributed by atoms with E-state index in [1.165, 1.54) is 5.56 Å². The Morgan fingerprint density at radius 2 is 1.97 bits per heavy atom. The monoisotopic (exact) mass is 431 g/mol.